The molecule has 0 bridgehead atoms. The van der Waals surface area contributed by atoms with E-state index in [-0.39, 0.29) is 23.3 Å². The van der Waals surface area contributed by atoms with E-state index in [1.54, 1.807) is 22.5 Å². The van der Waals surface area contributed by atoms with Crippen molar-refractivity contribution in [1.82, 2.24) is 9.62 Å². The van der Waals surface area contributed by atoms with Crippen LogP contribution in [0.5, 0.6) is 0 Å². The summed E-state index contributed by atoms with van der Waals surface area (Å²) in [5.41, 5.74) is 0.373. The number of nitrogens with zero attached hydrogens (tertiary/aromatic N) is 2. The lowest BCUT2D eigenvalue weighted by Gasteiger charge is -2.33. The molecule has 22 heavy (non-hydrogen) atoms. The highest BCUT2D eigenvalue weighted by Gasteiger charge is 2.31. The predicted molar refractivity (Wildman–Crippen MR) is 88.5 cm³/mol. The van der Waals surface area contributed by atoms with Crippen molar-refractivity contribution in [3.8, 4) is 6.07 Å². The van der Waals surface area contributed by atoms with Gasteiger partial charge in [0, 0.05) is 12.6 Å². The Balaban J connectivity index is 0.00000242. The Bertz CT molecular complexity index is 622. The smallest absolute Gasteiger partial charge is 0.243 e. The summed E-state index contributed by atoms with van der Waals surface area (Å²) in [6, 6.07) is 8.31. The molecule has 5 nitrogen and oxygen atoms in total. The van der Waals surface area contributed by atoms with Gasteiger partial charge in [0.05, 0.1) is 16.5 Å². The summed E-state index contributed by atoms with van der Waals surface area (Å²) in [5.74, 6) is 0. The van der Waals surface area contributed by atoms with Crippen molar-refractivity contribution >= 4 is 22.4 Å². The van der Waals surface area contributed by atoms with Crippen LogP contribution in [-0.4, -0.2) is 38.4 Å². The molecule has 0 atom stereocenters. The number of piperidine rings is 1. The van der Waals surface area contributed by atoms with Gasteiger partial charge in [-0.15, -0.1) is 12.4 Å². The van der Waals surface area contributed by atoms with Gasteiger partial charge in [-0.1, -0.05) is 13.0 Å². The number of hydrogen-bond donors (Lipinski definition) is 1. The van der Waals surface area contributed by atoms with Crippen molar-refractivity contribution in [2.75, 3.05) is 19.6 Å². The van der Waals surface area contributed by atoms with Crippen molar-refractivity contribution < 1.29 is 8.42 Å². The molecule has 1 heterocycles. The fourth-order valence-corrected chi connectivity index (χ4v) is 4.50. The molecule has 1 aliphatic rings. The van der Waals surface area contributed by atoms with Gasteiger partial charge in [0.15, 0.2) is 0 Å². The highest BCUT2D eigenvalue weighted by molar-refractivity contribution is 7.89. The first kappa shape index (κ1) is 18.9. The zero-order valence-electron chi connectivity index (χ0n) is 12.7. The topological polar surface area (TPSA) is 73.2 Å². The SMILES string of the molecule is CCCN(C1CCNCC1)S(=O)(=O)c1cccc(C#N)c1.Cl. The molecule has 1 fully saturated rings. The van der Waals surface area contributed by atoms with Crippen LogP contribution < -0.4 is 5.32 Å². The van der Waals surface area contributed by atoms with Gasteiger partial charge < -0.3 is 5.32 Å². The van der Waals surface area contributed by atoms with E-state index in [9.17, 15) is 8.42 Å². The highest BCUT2D eigenvalue weighted by atomic mass is 35.5. The Morgan fingerprint density at radius 3 is 2.64 bits per heavy atom. The number of nitriles is 1. The second-order valence-electron chi connectivity index (χ2n) is 5.24. The fraction of sp³-hybridized carbons (Fsp3) is 0.533. The lowest BCUT2D eigenvalue weighted by Crippen LogP contribution is -2.46. The minimum atomic E-state index is -3.54. The first-order valence-corrected chi connectivity index (χ1v) is 8.76. The molecule has 0 aliphatic carbocycles. The maximum Gasteiger partial charge on any atom is 0.243 e. The third kappa shape index (κ3) is 4.20. The van der Waals surface area contributed by atoms with E-state index in [0.717, 1.165) is 32.4 Å². The molecule has 122 valence electrons. The van der Waals surface area contributed by atoms with E-state index >= 15 is 0 Å². The molecule has 7 heteroatoms. The minimum absolute atomic E-state index is 0. The molecule has 2 rings (SSSR count). The molecule has 0 spiro atoms. The predicted octanol–water partition coefficient (Wildman–Crippen LogP) is 2.13. The van der Waals surface area contributed by atoms with Crippen molar-refractivity contribution in [1.29, 1.82) is 5.26 Å². The van der Waals surface area contributed by atoms with Crippen molar-refractivity contribution in [2.24, 2.45) is 0 Å². The molecule has 1 aromatic rings. The van der Waals surface area contributed by atoms with Crippen LogP contribution in [0.3, 0.4) is 0 Å². The molecule has 1 aliphatic heterocycles. The molecule has 0 radical (unpaired) electrons. The summed E-state index contributed by atoms with van der Waals surface area (Å²) in [6.45, 7) is 4.19. The number of benzene rings is 1. The van der Waals surface area contributed by atoms with Crippen LogP contribution >= 0.6 is 12.4 Å². The Morgan fingerprint density at radius 1 is 1.36 bits per heavy atom. The molecular weight excluding hydrogens is 322 g/mol. The standard InChI is InChI=1S/C15H21N3O2S.ClH/c1-2-10-18(14-6-8-17-9-7-14)21(19,20)15-5-3-4-13(11-15)12-16;/h3-5,11,14,17H,2,6-10H2,1H3;1H. The zero-order chi connectivity index (χ0) is 15.3. The summed E-state index contributed by atoms with van der Waals surface area (Å²) in [5, 5.41) is 12.2. The summed E-state index contributed by atoms with van der Waals surface area (Å²) in [6.07, 6.45) is 2.44. The van der Waals surface area contributed by atoms with E-state index in [0.29, 0.717) is 12.1 Å². The second kappa shape index (κ2) is 8.49. The average molecular weight is 344 g/mol. The second-order valence-corrected chi connectivity index (χ2v) is 7.13. The highest BCUT2D eigenvalue weighted by Crippen LogP contribution is 2.23. The Morgan fingerprint density at radius 2 is 2.05 bits per heavy atom. The third-order valence-corrected chi connectivity index (χ3v) is 5.68. The number of halogens is 1. The van der Waals surface area contributed by atoms with Gasteiger partial charge >= 0.3 is 0 Å². The number of sulfonamides is 1. The Kier molecular flexibility index (Phi) is 7.30. The minimum Gasteiger partial charge on any atom is -0.317 e. The van der Waals surface area contributed by atoms with E-state index in [1.165, 1.54) is 6.07 Å². The quantitative estimate of drug-likeness (QED) is 0.888. The zero-order valence-corrected chi connectivity index (χ0v) is 14.3. The average Bonchev–Trinajstić information content (AvgIpc) is 2.53. The van der Waals surface area contributed by atoms with Crippen LogP contribution in [0.2, 0.25) is 0 Å². The summed E-state index contributed by atoms with van der Waals surface area (Å²) in [4.78, 5) is 0.216. The van der Waals surface area contributed by atoms with E-state index < -0.39 is 10.0 Å². The van der Waals surface area contributed by atoms with Gasteiger partial charge in [0.2, 0.25) is 10.0 Å². The molecule has 0 saturated carbocycles. The van der Waals surface area contributed by atoms with Gasteiger partial charge in [-0.3, -0.25) is 0 Å². The van der Waals surface area contributed by atoms with Crippen LogP contribution in [0.25, 0.3) is 0 Å². The van der Waals surface area contributed by atoms with Gasteiger partial charge in [-0.2, -0.15) is 9.57 Å². The maximum absolute atomic E-state index is 12.9. The van der Waals surface area contributed by atoms with Crippen LogP contribution in [0, 0.1) is 11.3 Å². The lowest BCUT2D eigenvalue weighted by atomic mass is 10.1. The van der Waals surface area contributed by atoms with Gasteiger partial charge in [0.25, 0.3) is 0 Å². The molecule has 1 saturated heterocycles. The normalized spacial score (nSPS) is 16.0. The molecule has 0 amide bonds. The molecule has 1 N–H and O–H groups in total. The van der Waals surface area contributed by atoms with Crippen molar-refractivity contribution in [3.05, 3.63) is 29.8 Å². The lowest BCUT2D eigenvalue weighted by molar-refractivity contribution is 0.262. The van der Waals surface area contributed by atoms with E-state index in [1.807, 2.05) is 13.0 Å². The maximum atomic E-state index is 12.9. The van der Waals surface area contributed by atoms with Crippen molar-refractivity contribution in [2.45, 2.75) is 37.1 Å². The van der Waals surface area contributed by atoms with Crippen molar-refractivity contribution in [3.63, 3.8) is 0 Å². The van der Waals surface area contributed by atoms with Crippen LogP contribution in [-0.2, 0) is 10.0 Å². The van der Waals surface area contributed by atoms with E-state index in [2.05, 4.69) is 5.32 Å². The molecule has 0 unspecified atom stereocenters. The van der Waals surface area contributed by atoms with Crippen LogP contribution in [0.1, 0.15) is 31.7 Å². The Hall–Kier alpha value is -1.13. The van der Waals surface area contributed by atoms with Gasteiger partial charge in [-0.25, -0.2) is 8.42 Å². The first-order chi connectivity index (χ1) is 10.1. The number of nitrogens with one attached hydrogen (secondary N) is 1. The largest absolute Gasteiger partial charge is 0.317 e. The molecule has 0 aromatic heterocycles. The number of hydrogen-bond acceptors (Lipinski definition) is 4. The monoisotopic (exact) mass is 343 g/mol. The van der Waals surface area contributed by atoms with Gasteiger partial charge in [0.1, 0.15) is 0 Å². The van der Waals surface area contributed by atoms with Crippen LogP contribution in [0.15, 0.2) is 29.2 Å². The third-order valence-electron chi connectivity index (χ3n) is 3.73. The fourth-order valence-electron chi connectivity index (χ4n) is 2.68. The summed E-state index contributed by atoms with van der Waals surface area (Å²) < 4.78 is 27.4. The first-order valence-electron chi connectivity index (χ1n) is 7.32. The molecule has 1 aromatic carbocycles. The van der Waals surface area contributed by atoms with Crippen LogP contribution in [0.4, 0.5) is 0 Å². The Labute approximate surface area is 138 Å². The molecular formula is C15H22ClN3O2S. The number of rotatable bonds is 5. The summed E-state index contributed by atoms with van der Waals surface area (Å²) in [7, 11) is -3.54. The van der Waals surface area contributed by atoms with Gasteiger partial charge in [-0.05, 0) is 50.6 Å². The summed E-state index contributed by atoms with van der Waals surface area (Å²) >= 11 is 0. The van der Waals surface area contributed by atoms with E-state index in [4.69, 9.17) is 5.26 Å².